The van der Waals surface area contributed by atoms with Crippen molar-refractivity contribution >= 4 is 21.9 Å². The molecule has 2 atom stereocenters. The van der Waals surface area contributed by atoms with Gasteiger partial charge < -0.3 is 0 Å². The highest BCUT2D eigenvalue weighted by atomic mass is 32.2. The molecule has 0 spiro atoms. The Hall–Kier alpha value is -1.20. The molecule has 19 heavy (non-hydrogen) atoms. The van der Waals surface area contributed by atoms with Gasteiger partial charge in [0.15, 0.2) is 0 Å². The molecule has 4 nitrogen and oxygen atoms in total. The number of hydrogen-bond acceptors (Lipinski definition) is 2. The van der Waals surface area contributed by atoms with Crippen LogP contribution in [-0.4, -0.2) is 18.7 Å². The molecule has 0 aliphatic rings. The number of hydrogen-bond donors (Lipinski definition) is 1. The van der Waals surface area contributed by atoms with Gasteiger partial charge in [0.1, 0.15) is 0 Å². The summed E-state index contributed by atoms with van der Waals surface area (Å²) in [7, 11) is 0.847. The Kier molecular flexibility index (Phi) is 3.78. The second-order valence-electron chi connectivity index (χ2n) is 5.77. The van der Waals surface area contributed by atoms with E-state index in [4.69, 9.17) is 0 Å². The number of benzene rings is 1. The average Bonchev–Trinajstić information content (AvgIpc) is 2.70. The second-order valence-corrected chi connectivity index (χ2v) is 7.77. The number of aromatic nitrogens is 2. The van der Waals surface area contributed by atoms with E-state index in [0.717, 1.165) is 16.5 Å². The van der Waals surface area contributed by atoms with Crippen LogP contribution >= 0.6 is 0 Å². The summed E-state index contributed by atoms with van der Waals surface area (Å²) in [6.45, 7) is 7.93. The maximum atomic E-state index is 12.2. The first kappa shape index (κ1) is 14.2. The van der Waals surface area contributed by atoms with Crippen LogP contribution in [0.3, 0.4) is 0 Å². The molecule has 2 aromatic rings. The van der Waals surface area contributed by atoms with Gasteiger partial charge in [-0.2, -0.15) is 5.10 Å². The second kappa shape index (κ2) is 5.06. The normalized spacial score (nSPS) is 15.6. The molecule has 0 unspecified atom stereocenters. The lowest BCUT2D eigenvalue weighted by Crippen LogP contribution is -2.34. The number of fused-ring (bicyclic) bond motifs is 1. The predicted octanol–water partition coefficient (Wildman–Crippen LogP) is 2.69. The molecule has 5 heteroatoms. The Morgan fingerprint density at radius 3 is 2.68 bits per heavy atom. The third-order valence-electron chi connectivity index (χ3n) is 3.13. The van der Waals surface area contributed by atoms with Gasteiger partial charge in [-0.15, -0.1) is 0 Å². The number of nitrogens with zero attached hydrogens (tertiary/aromatic N) is 2. The van der Waals surface area contributed by atoms with Crippen LogP contribution in [0, 0.1) is 0 Å². The van der Waals surface area contributed by atoms with Crippen LogP contribution in [0.4, 0.5) is 0 Å². The molecule has 0 amide bonds. The summed E-state index contributed by atoms with van der Waals surface area (Å²) in [5, 5.41) is 5.39. The smallest absolute Gasteiger partial charge is 0.0975 e. The molecule has 0 radical (unpaired) electrons. The van der Waals surface area contributed by atoms with Crippen molar-refractivity contribution < 1.29 is 4.21 Å². The molecular formula is C14H21N3OS. The zero-order chi connectivity index (χ0) is 14.2. The van der Waals surface area contributed by atoms with Crippen LogP contribution in [0.15, 0.2) is 24.4 Å². The Morgan fingerprint density at radius 1 is 1.37 bits per heavy atom. The predicted molar refractivity (Wildman–Crippen MR) is 80.2 cm³/mol. The topological polar surface area (TPSA) is 46.9 Å². The SMILES string of the molecule is C[C@@H](N[S@@](=O)C(C)(C)C)c1cccc2c1cnn2C. The summed E-state index contributed by atoms with van der Waals surface area (Å²) < 4.78 is 16.9. The van der Waals surface area contributed by atoms with Gasteiger partial charge in [-0.25, -0.2) is 8.93 Å². The summed E-state index contributed by atoms with van der Waals surface area (Å²) in [6.07, 6.45) is 1.86. The maximum Gasteiger partial charge on any atom is 0.0975 e. The first-order valence-electron chi connectivity index (χ1n) is 6.39. The maximum absolute atomic E-state index is 12.2. The minimum absolute atomic E-state index is 0.0213. The average molecular weight is 279 g/mol. The standard InChI is InChI=1S/C14H21N3OS/c1-10(16-19(18)14(2,3)4)11-7-6-8-13-12(11)9-15-17(13)5/h6-10,16H,1-5H3/t10-,19+/m1/s1. The number of rotatable bonds is 3. The van der Waals surface area contributed by atoms with Crippen molar-refractivity contribution in [2.45, 2.75) is 38.5 Å². The summed E-state index contributed by atoms with van der Waals surface area (Å²) in [4.78, 5) is 0. The van der Waals surface area contributed by atoms with E-state index in [-0.39, 0.29) is 10.8 Å². The fourth-order valence-electron chi connectivity index (χ4n) is 1.98. The Bertz CT molecular complexity index is 613. The third kappa shape index (κ3) is 2.87. The highest BCUT2D eigenvalue weighted by Gasteiger charge is 2.22. The van der Waals surface area contributed by atoms with Crippen molar-refractivity contribution in [1.82, 2.24) is 14.5 Å². The van der Waals surface area contributed by atoms with E-state index >= 15 is 0 Å². The molecule has 104 valence electrons. The zero-order valence-electron chi connectivity index (χ0n) is 12.1. The Labute approximate surface area is 116 Å². The first-order valence-corrected chi connectivity index (χ1v) is 7.54. The van der Waals surface area contributed by atoms with Crippen LogP contribution in [-0.2, 0) is 18.0 Å². The van der Waals surface area contributed by atoms with Gasteiger partial charge in [0.05, 0.1) is 27.4 Å². The van der Waals surface area contributed by atoms with Crippen molar-refractivity contribution in [3.05, 3.63) is 30.0 Å². The quantitative estimate of drug-likeness (QED) is 0.939. The lowest BCUT2D eigenvalue weighted by molar-refractivity contribution is 0.617. The zero-order valence-corrected chi connectivity index (χ0v) is 12.9. The van der Waals surface area contributed by atoms with Gasteiger partial charge >= 0.3 is 0 Å². The van der Waals surface area contributed by atoms with Crippen LogP contribution < -0.4 is 4.72 Å². The van der Waals surface area contributed by atoms with E-state index in [0.29, 0.717) is 0 Å². The first-order chi connectivity index (χ1) is 8.80. The van der Waals surface area contributed by atoms with Crippen LogP contribution in [0.5, 0.6) is 0 Å². The van der Waals surface area contributed by atoms with E-state index in [1.54, 1.807) is 0 Å². The molecule has 0 saturated heterocycles. The van der Waals surface area contributed by atoms with Crippen LogP contribution in [0.25, 0.3) is 10.9 Å². The molecule has 1 aromatic heterocycles. The summed E-state index contributed by atoms with van der Waals surface area (Å²) in [6, 6.07) is 6.13. The minimum Gasteiger partial charge on any atom is -0.268 e. The van der Waals surface area contributed by atoms with E-state index in [2.05, 4.69) is 15.9 Å². The number of aryl methyl sites for hydroxylation is 1. The van der Waals surface area contributed by atoms with E-state index in [1.807, 2.05) is 57.8 Å². The molecule has 1 heterocycles. The summed E-state index contributed by atoms with van der Waals surface area (Å²) in [5.41, 5.74) is 2.22. The lowest BCUT2D eigenvalue weighted by atomic mass is 10.1. The van der Waals surface area contributed by atoms with Gasteiger partial charge in [-0.3, -0.25) is 4.68 Å². The molecule has 1 N–H and O–H groups in total. The fourth-order valence-corrected chi connectivity index (χ4v) is 2.78. The van der Waals surface area contributed by atoms with Gasteiger partial charge in [-0.05, 0) is 39.3 Å². The Morgan fingerprint density at radius 2 is 2.05 bits per heavy atom. The van der Waals surface area contributed by atoms with Crippen LogP contribution in [0.1, 0.15) is 39.3 Å². The molecule has 0 bridgehead atoms. The van der Waals surface area contributed by atoms with Crippen molar-refractivity contribution in [1.29, 1.82) is 0 Å². The van der Waals surface area contributed by atoms with Crippen molar-refractivity contribution in [3.63, 3.8) is 0 Å². The molecule has 0 aliphatic heterocycles. The molecule has 2 rings (SSSR count). The molecule has 1 aromatic carbocycles. The van der Waals surface area contributed by atoms with Crippen LogP contribution in [0.2, 0.25) is 0 Å². The fraction of sp³-hybridized carbons (Fsp3) is 0.500. The summed E-state index contributed by atoms with van der Waals surface area (Å²) in [5.74, 6) is 0. The van der Waals surface area contributed by atoms with Crippen molar-refractivity contribution in [2.75, 3.05) is 0 Å². The van der Waals surface area contributed by atoms with Gasteiger partial charge in [0, 0.05) is 18.5 Å². The van der Waals surface area contributed by atoms with E-state index in [1.165, 1.54) is 0 Å². The highest BCUT2D eigenvalue weighted by Crippen LogP contribution is 2.24. The minimum atomic E-state index is -1.08. The van der Waals surface area contributed by atoms with E-state index < -0.39 is 11.0 Å². The highest BCUT2D eigenvalue weighted by molar-refractivity contribution is 7.84. The molecule has 0 aliphatic carbocycles. The molecule has 0 fully saturated rings. The number of nitrogens with one attached hydrogen (secondary N) is 1. The Balaban J connectivity index is 2.32. The monoisotopic (exact) mass is 279 g/mol. The molecule has 0 saturated carbocycles. The summed E-state index contributed by atoms with van der Waals surface area (Å²) >= 11 is 0. The van der Waals surface area contributed by atoms with Crippen molar-refractivity contribution in [2.24, 2.45) is 7.05 Å². The third-order valence-corrected chi connectivity index (χ3v) is 4.81. The van der Waals surface area contributed by atoms with Gasteiger partial charge in [-0.1, -0.05) is 12.1 Å². The van der Waals surface area contributed by atoms with E-state index in [9.17, 15) is 4.21 Å². The van der Waals surface area contributed by atoms with Gasteiger partial charge in [0.25, 0.3) is 0 Å². The largest absolute Gasteiger partial charge is 0.268 e. The molecular weight excluding hydrogens is 258 g/mol. The lowest BCUT2D eigenvalue weighted by Gasteiger charge is -2.22. The van der Waals surface area contributed by atoms with Crippen molar-refractivity contribution in [3.8, 4) is 0 Å². The van der Waals surface area contributed by atoms with Gasteiger partial charge in [0.2, 0.25) is 0 Å².